The number of fused-ring (bicyclic) bond motifs is 1. The minimum Gasteiger partial charge on any atom is -0.497 e. The summed E-state index contributed by atoms with van der Waals surface area (Å²) in [7, 11) is -2.18. The number of piperazine rings is 1. The first-order valence-electron chi connectivity index (χ1n) is 8.42. The highest BCUT2D eigenvalue weighted by Crippen LogP contribution is 2.31. The van der Waals surface area contributed by atoms with Crippen LogP contribution in [0.25, 0.3) is 11.0 Å². The second-order valence-corrected chi connectivity index (χ2v) is 7.91. The summed E-state index contributed by atoms with van der Waals surface area (Å²) in [4.78, 5) is 6.83. The van der Waals surface area contributed by atoms with E-state index in [4.69, 9.17) is 4.74 Å². The summed E-state index contributed by atoms with van der Waals surface area (Å²) >= 11 is 0. The van der Waals surface area contributed by atoms with Crippen LogP contribution in [0.4, 0.5) is 5.69 Å². The van der Waals surface area contributed by atoms with Crippen molar-refractivity contribution in [2.24, 2.45) is 0 Å². The quantitative estimate of drug-likeness (QED) is 0.751. The number of nitrogens with one attached hydrogen (secondary N) is 1. The molecule has 26 heavy (non-hydrogen) atoms. The van der Waals surface area contributed by atoms with E-state index >= 15 is 0 Å². The van der Waals surface area contributed by atoms with Crippen molar-refractivity contribution < 1.29 is 13.2 Å². The first-order chi connectivity index (χ1) is 12.6. The van der Waals surface area contributed by atoms with Gasteiger partial charge in [-0.15, -0.1) is 0 Å². The average Bonchev–Trinajstić information content (AvgIpc) is 3.09. The second kappa shape index (κ2) is 6.62. The van der Waals surface area contributed by atoms with Crippen LogP contribution in [0.5, 0.6) is 5.75 Å². The fourth-order valence-corrected chi connectivity index (χ4v) is 4.56. The minimum atomic E-state index is -3.73. The van der Waals surface area contributed by atoms with Crippen LogP contribution in [0.15, 0.2) is 53.7 Å². The number of hydrogen-bond donors (Lipinski definition) is 1. The Hall–Kier alpha value is -2.58. The van der Waals surface area contributed by atoms with Gasteiger partial charge in [-0.2, -0.15) is 0 Å². The summed E-state index contributed by atoms with van der Waals surface area (Å²) in [6.45, 7) is 3.37. The van der Waals surface area contributed by atoms with Gasteiger partial charge < -0.3 is 15.0 Å². The maximum Gasteiger partial charge on any atom is 0.268 e. The SMILES string of the molecule is COc1ccc(S(=O)(=O)n2cc(N3CCNCC3)c3ncccc32)cc1. The zero-order valence-electron chi connectivity index (χ0n) is 14.4. The van der Waals surface area contributed by atoms with Crippen molar-refractivity contribution in [2.45, 2.75) is 4.90 Å². The predicted molar refractivity (Wildman–Crippen MR) is 100 cm³/mol. The van der Waals surface area contributed by atoms with E-state index in [2.05, 4.69) is 15.2 Å². The van der Waals surface area contributed by atoms with Gasteiger partial charge in [0.1, 0.15) is 11.3 Å². The number of methoxy groups -OCH3 is 1. The number of rotatable bonds is 4. The second-order valence-electron chi connectivity index (χ2n) is 6.10. The lowest BCUT2D eigenvalue weighted by Gasteiger charge is -2.28. The Balaban J connectivity index is 1.85. The van der Waals surface area contributed by atoms with E-state index in [0.29, 0.717) is 16.8 Å². The standard InChI is InChI=1S/C18H20N4O3S/c1-25-14-4-6-15(7-5-14)26(23,24)22-13-17(21-11-9-19-10-12-21)18-16(22)3-2-8-20-18/h2-8,13,19H,9-12H2,1H3. The molecule has 0 aliphatic carbocycles. The van der Waals surface area contributed by atoms with Crippen molar-refractivity contribution >= 4 is 26.7 Å². The van der Waals surface area contributed by atoms with Crippen LogP contribution in [-0.4, -0.2) is 50.7 Å². The van der Waals surface area contributed by atoms with Crippen molar-refractivity contribution in [1.29, 1.82) is 0 Å². The molecule has 3 aromatic rings. The van der Waals surface area contributed by atoms with Gasteiger partial charge in [0.05, 0.1) is 23.2 Å². The van der Waals surface area contributed by atoms with Crippen molar-refractivity contribution in [1.82, 2.24) is 14.3 Å². The number of aromatic nitrogens is 2. The van der Waals surface area contributed by atoms with E-state index in [1.807, 2.05) is 0 Å². The fourth-order valence-electron chi connectivity index (χ4n) is 3.21. The number of pyridine rings is 1. The average molecular weight is 372 g/mol. The lowest BCUT2D eigenvalue weighted by molar-refractivity contribution is 0.414. The molecule has 1 aliphatic rings. The Bertz CT molecular complexity index is 1020. The molecule has 8 heteroatoms. The van der Waals surface area contributed by atoms with Crippen LogP contribution in [-0.2, 0) is 10.0 Å². The molecule has 0 bridgehead atoms. The molecule has 0 unspecified atom stereocenters. The van der Waals surface area contributed by atoms with Gasteiger partial charge in [-0.05, 0) is 36.4 Å². The maximum absolute atomic E-state index is 13.2. The number of nitrogens with zero attached hydrogens (tertiary/aromatic N) is 3. The molecule has 1 aliphatic heterocycles. The molecule has 0 atom stereocenters. The Morgan fingerprint density at radius 2 is 1.85 bits per heavy atom. The van der Waals surface area contributed by atoms with E-state index in [1.165, 1.54) is 3.97 Å². The minimum absolute atomic E-state index is 0.214. The highest BCUT2D eigenvalue weighted by Gasteiger charge is 2.24. The van der Waals surface area contributed by atoms with Gasteiger partial charge in [0.15, 0.2) is 0 Å². The topological polar surface area (TPSA) is 76.5 Å². The molecular formula is C18H20N4O3S. The Kier molecular flexibility index (Phi) is 4.29. The van der Waals surface area contributed by atoms with E-state index < -0.39 is 10.0 Å². The molecule has 136 valence electrons. The smallest absolute Gasteiger partial charge is 0.268 e. The molecule has 3 heterocycles. The third-order valence-electron chi connectivity index (χ3n) is 4.58. The molecule has 0 saturated carbocycles. The molecule has 1 fully saturated rings. The monoisotopic (exact) mass is 372 g/mol. The first-order valence-corrected chi connectivity index (χ1v) is 9.86. The molecule has 7 nitrogen and oxygen atoms in total. The summed E-state index contributed by atoms with van der Waals surface area (Å²) in [5.74, 6) is 0.615. The summed E-state index contributed by atoms with van der Waals surface area (Å²) in [5, 5.41) is 3.31. The Morgan fingerprint density at radius 3 is 2.54 bits per heavy atom. The Labute approximate surface area is 152 Å². The largest absolute Gasteiger partial charge is 0.497 e. The first kappa shape index (κ1) is 16.9. The van der Waals surface area contributed by atoms with E-state index in [0.717, 1.165) is 31.9 Å². The van der Waals surface area contributed by atoms with Gasteiger partial charge in [-0.25, -0.2) is 12.4 Å². The summed E-state index contributed by atoms with van der Waals surface area (Å²) in [5.41, 5.74) is 2.13. The zero-order chi connectivity index (χ0) is 18.1. The third kappa shape index (κ3) is 2.81. The molecule has 2 aromatic heterocycles. The lowest BCUT2D eigenvalue weighted by Crippen LogP contribution is -2.43. The summed E-state index contributed by atoms with van der Waals surface area (Å²) in [6, 6.07) is 9.95. The normalized spacial score (nSPS) is 15.3. The van der Waals surface area contributed by atoms with Gasteiger partial charge in [0.2, 0.25) is 0 Å². The third-order valence-corrected chi connectivity index (χ3v) is 6.27. The zero-order valence-corrected chi connectivity index (χ0v) is 15.2. The molecule has 0 amide bonds. The van der Waals surface area contributed by atoms with Gasteiger partial charge in [-0.3, -0.25) is 4.98 Å². The van der Waals surface area contributed by atoms with E-state index in [9.17, 15) is 8.42 Å². The number of benzene rings is 1. The van der Waals surface area contributed by atoms with Gasteiger partial charge in [-0.1, -0.05) is 0 Å². The van der Waals surface area contributed by atoms with Crippen LogP contribution in [0.3, 0.4) is 0 Å². The summed E-state index contributed by atoms with van der Waals surface area (Å²) < 4.78 is 32.9. The number of hydrogen-bond acceptors (Lipinski definition) is 6. The van der Waals surface area contributed by atoms with Crippen molar-refractivity contribution in [3.8, 4) is 5.75 Å². The fraction of sp³-hybridized carbons (Fsp3) is 0.278. The lowest BCUT2D eigenvalue weighted by atomic mass is 10.3. The van der Waals surface area contributed by atoms with Crippen LogP contribution < -0.4 is 15.0 Å². The molecule has 4 rings (SSSR count). The predicted octanol–water partition coefficient (Wildman–Crippen LogP) is 1.69. The molecule has 0 spiro atoms. The molecule has 1 N–H and O–H groups in total. The molecular weight excluding hydrogens is 352 g/mol. The van der Waals surface area contributed by atoms with Gasteiger partial charge in [0, 0.05) is 38.6 Å². The van der Waals surface area contributed by atoms with Crippen LogP contribution in [0, 0.1) is 0 Å². The Morgan fingerprint density at radius 1 is 1.12 bits per heavy atom. The molecule has 0 radical (unpaired) electrons. The van der Waals surface area contributed by atoms with Crippen molar-refractivity contribution in [2.75, 3.05) is 38.2 Å². The van der Waals surface area contributed by atoms with Crippen molar-refractivity contribution in [3.63, 3.8) is 0 Å². The van der Waals surface area contributed by atoms with E-state index in [-0.39, 0.29) is 4.90 Å². The maximum atomic E-state index is 13.2. The van der Waals surface area contributed by atoms with Gasteiger partial charge in [0.25, 0.3) is 10.0 Å². The van der Waals surface area contributed by atoms with Crippen LogP contribution in [0.2, 0.25) is 0 Å². The summed E-state index contributed by atoms with van der Waals surface area (Å²) in [6.07, 6.45) is 3.38. The highest BCUT2D eigenvalue weighted by atomic mass is 32.2. The number of ether oxygens (including phenoxy) is 1. The number of anilines is 1. The molecule has 1 saturated heterocycles. The van der Waals surface area contributed by atoms with Crippen molar-refractivity contribution in [3.05, 3.63) is 48.8 Å². The highest BCUT2D eigenvalue weighted by molar-refractivity contribution is 7.90. The van der Waals surface area contributed by atoms with E-state index in [1.54, 1.807) is 55.9 Å². The molecule has 1 aromatic carbocycles. The van der Waals surface area contributed by atoms with Gasteiger partial charge >= 0.3 is 0 Å². The van der Waals surface area contributed by atoms with Crippen LogP contribution in [0.1, 0.15) is 0 Å². The van der Waals surface area contributed by atoms with Crippen LogP contribution >= 0.6 is 0 Å².